The van der Waals surface area contributed by atoms with Crippen LogP contribution >= 0.6 is 11.3 Å². The average Bonchev–Trinajstić information content (AvgIpc) is 3.95. The van der Waals surface area contributed by atoms with Gasteiger partial charge in [0.25, 0.3) is 0 Å². The predicted octanol–water partition coefficient (Wildman–Crippen LogP) is 13.9. The molecule has 0 saturated carbocycles. The Bertz CT molecular complexity index is 3420. The minimum absolute atomic E-state index is 0.657. The Morgan fingerprint density at radius 3 is 1.61 bits per heavy atom. The maximum absolute atomic E-state index is 6.69. The van der Waals surface area contributed by atoms with E-state index in [2.05, 4.69) is 126 Å². The van der Waals surface area contributed by atoms with Crippen LogP contribution in [0.25, 0.3) is 115 Å². The summed E-state index contributed by atoms with van der Waals surface area (Å²) in [6.45, 7) is 0. The van der Waals surface area contributed by atoms with Crippen molar-refractivity contribution < 1.29 is 4.42 Å². The first-order chi connectivity index (χ1) is 28.2. The molecule has 0 unspecified atom stereocenters. The van der Waals surface area contributed by atoms with Gasteiger partial charge in [-0.25, -0.2) is 15.0 Å². The topological polar surface area (TPSA) is 56.7 Å². The summed E-state index contributed by atoms with van der Waals surface area (Å²) >= 11 is 1.79. The van der Waals surface area contributed by atoms with E-state index in [1.54, 1.807) is 11.3 Å². The van der Waals surface area contributed by atoms with Gasteiger partial charge in [0.1, 0.15) is 5.58 Å². The highest BCUT2D eigenvalue weighted by Crippen LogP contribution is 2.41. The highest BCUT2D eigenvalue weighted by Gasteiger charge is 2.19. The first-order valence-electron chi connectivity index (χ1n) is 19.0. The van der Waals surface area contributed by atoms with Crippen molar-refractivity contribution in [3.8, 4) is 51.0 Å². The minimum atomic E-state index is 0.657. The number of thiophene rings is 1. The summed E-state index contributed by atoms with van der Waals surface area (Å²) in [5, 5.41) is 7.12. The zero-order valence-electron chi connectivity index (χ0n) is 30.4. The molecular formula is C51H30N4OS. The van der Waals surface area contributed by atoms with E-state index in [1.807, 2.05) is 60.7 Å². The van der Waals surface area contributed by atoms with Gasteiger partial charge in [0.2, 0.25) is 0 Å². The van der Waals surface area contributed by atoms with Crippen molar-refractivity contribution >= 4 is 75.3 Å². The number of furan rings is 1. The number of hydrogen-bond donors (Lipinski definition) is 0. The predicted molar refractivity (Wildman–Crippen MR) is 236 cm³/mol. The third-order valence-electron chi connectivity index (χ3n) is 11.1. The van der Waals surface area contributed by atoms with Gasteiger partial charge in [-0.3, -0.25) is 0 Å². The van der Waals surface area contributed by atoms with Gasteiger partial charge in [-0.05, 0) is 59.7 Å². The highest BCUT2D eigenvalue weighted by atomic mass is 32.1. The van der Waals surface area contributed by atoms with Gasteiger partial charge in [0.05, 0.1) is 16.7 Å². The molecular weight excluding hydrogens is 717 g/mol. The van der Waals surface area contributed by atoms with Crippen LogP contribution in [0, 0.1) is 0 Å². The van der Waals surface area contributed by atoms with Crippen molar-refractivity contribution in [1.82, 2.24) is 19.5 Å². The molecule has 4 aromatic heterocycles. The number of para-hydroxylation sites is 3. The van der Waals surface area contributed by atoms with Gasteiger partial charge in [0.15, 0.2) is 23.1 Å². The van der Waals surface area contributed by atoms with Crippen LogP contribution in [0.2, 0.25) is 0 Å². The number of nitrogens with zero attached hydrogens (tertiary/aromatic N) is 4. The third-order valence-corrected chi connectivity index (χ3v) is 12.2. The molecule has 0 fully saturated rings. The van der Waals surface area contributed by atoms with E-state index in [1.165, 1.54) is 36.5 Å². The number of aromatic nitrogens is 4. The molecule has 0 N–H and O–H groups in total. The van der Waals surface area contributed by atoms with Crippen LogP contribution in [0.5, 0.6) is 0 Å². The second-order valence-electron chi connectivity index (χ2n) is 14.4. The third kappa shape index (κ3) is 5.12. The monoisotopic (exact) mass is 746 g/mol. The molecule has 8 aromatic carbocycles. The molecule has 0 aliphatic rings. The normalized spacial score (nSPS) is 11.9. The Morgan fingerprint density at radius 2 is 0.930 bits per heavy atom. The van der Waals surface area contributed by atoms with Gasteiger partial charge >= 0.3 is 0 Å². The number of rotatable bonds is 5. The van der Waals surface area contributed by atoms with E-state index in [4.69, 9.17) is 19.4 Å². The van der Waals surface area contributed by atoms with Crippen LogP contribution < -0.4 is 0 Å². The van der Waals surface area contributed by atoms with Crippen LogP contribution in [-0.4, -0.2) is 19.5 Å². The van der Waals surface area contributed by atoms with E-state index in [0.717, 1.165) is 60.9 Å². The van der Waals surface area contributed by atoms with Gasteiger partial charge in [-0.1, -0.05) is 133 Å². The molecule has 0 radical (unpaired) electrons. The van der Waals surface area contributed by atoms with Crippen LogP contribution in [0.15, 0.2) is 186 Å². The fourth-order valence-electron chi connectivity index (χ4n) is 8.35. The molecule has 12 aromatic rings. The molecule has 4 heterocycles. The Hall–Kier alpha value is -7.41. The summed E-state index contributed by atoms with van der Waals surface area (Å²) in [6.07, 6.45) is 0. The molecule has 0 atom stereocenters. The van der Waals surface area contributed by atoms with Crippen LogP contribution in [0.4, 0.5) is 0 Å². The van der Waals surface area contributed by atoms with Crippen molar-refractivity contribution in [1.29, 1.82) is 0 Å². The second kappa shape index (κ2) is 12.6. The summed E-state index contributed by atoms with van der Waals surface area (Å²) < 4.78 is 11.5. The van der Waals surface area contributed by atoms with E-state index in [9.17, 15) is 0 Å². The van der Waals surface area contributed by atoms with Crippen LogP contribution in [-0.2, 0) is 0 Å². The fourth-order valence-corrected chi connectivity index (χ4v) is 9.48. The molecule has 0 amide bonds. The van der Waals surface area contributed by atoms with Crippen molar-refractivity contribution in [3.63, 3.8) is 0 Å². The molecule has 0 aliphatic heterocycles. The number of benzene rings is 8. The van der Waals surface area contributed by atoms with Gasteiger partial charge in [-0.15, -0.1) is 11.3 Å². The lowest BCUT2D eigenvalue weighted by Crippen LogP contribution is -1.99. The van der Waals surface area contributed by atoms with Crippen molar-refractivity contribution in [3.05, 3.63) is 182 Å². The van der Waals surface area contributed by atoms with Gasteiger partial charge in [0, 0.05) is 58.4 Å². The maximum atomic E-state index is 6.69. The van der Waals surface area contributed by atoms with Gasteiger partial charge in [-0.2, -0.15) is 0 Å². The molecule has 6 heteroatoms. The molecule has 0 bridgehead atoms. The first-order valence-corrected chi connectivity index (χ1v) is 19.8. The molecule has 12 rings (SSSR count). The fraction of sp³-hybridized carbons (Fsp3) is 0. The van der Waals surface area contributed by atoms with Gasteiger partial charge < -0.3 is 8.98 Å². The lowest BCUT2D eigenvalue weighted by molar-refractivity contribution is 0.666. The summed E-state index contributed by atoms with van der Waals surface area (Å²) in [5.41, 5.74) is 10.3. The van der Waals surface area contributed by atoms with Crippen molar-refractivity contribution in [2.75, 3.05) is 0 Å². The summed E-state index contributed by atoms with van der Waals surface area (Å²) in [6, 6.07) is 63.8. The smallest absolute Gasteiger partial charge is 0.164 e. The van der Waals surface area contributed by atoms with Crippen molar-refractivity contribution in [2.24, 2.45) is 0 Å². The highest BCUT2D eigenvalue weighted by molar-refractivity contribution is 7.25. The first kappa shape index (κ1) is 31.9. The Morgan fingerprint density at radius 1 is 0.368 bits per heavy atom. The standard InChI is InChI=1S/C51H30N4OS/c1-3-12-31(13-4-1)49-52-50(32-14-5-2-6-15-32)54-51(53-49)35-22-25-38-41-29-34(24-27-46(41)57-47(38)30-35)33-23-26-45-40(28-33)39-18-11-21-44(48(39)56-45)55-42-19-9-7-16-36(42)37-17-8-10-20-43(37)55/h1-30H. The average molecular weight is 747 g/mol. The van der Waals surface area contributed by atoms with E-state index >= 15 is 0 Å². The summed E-state index contributed by atoms with van der Waals surface area (Å²) in [4.78, 5) is 14.8. The van der Waals surface area contributed by atoms with Crippen molar-refractivity contribution in [2.45, 2.75) is 0 Å². The Labute approximate surface area is 330 Å². The largest absolute Gasteiger partial charge is 0.454 e. The molecule has 0 saturated heterocycles. The quantitative estimate of drug-likeness (QED) is 0.176. The Kier molecular flexibility index (Phi) is 7.03. The molecule has 57 heavy (non-hydrogen) atoms. The maximum Gasteiger partial charge on any atom is 0.164 e. The SMILES string of the molecule is c1ccc(-c2nc(-c3ccccc3)nc(-c3ccc4c(c3)sc3ccc(-c5ccc6oc7c(-n8c9ccccc9c9ccccc98)cccc7c6c5)cc34)n2)cc1. The zero-order chi connectivity index (χ0) is 37.5. The van der Waals surface area contributed by atoms with Crippen LogP contribution in [0.3, 0.4) is 0 Å². The summed E-state index contributed by atoms with van der Waals surface area (Å²) in [5.74, 6) is 1.97. The molecule has 266 valence electrons. The van der Waals surface area contributed by atoms with E-state index in [0.29, 0.717) is 17.5 Å². The lowest BCUT2D eigenvalue weighted by Gasteiger charge is -2.08. The summed E-state index contributed by atoms with van der Waals surface area (Å²) in [7, 11) is 0. The second-order valence-corrected chi connectivity index (χ2v) is 15.5. The molecule has 0 aliphatic carbocycles. The number of fused-ring (bicyclic) bond motifs is 9. The lowest BCUT2D eigenvalue weighted by atomic mass is 10.0. The van der Waals surface area contributed by atoms with E-state index in [-0.39, 0.29) is 0 Å². The number of hydrogen-bond acceptors (Lipinski definition) is 5. The van der Waals surface area contributed by atoms with E-state index < -0.39 is 0 Å². The molecule has 5 nitrogen and oxygen atoms in total. The minimum Gasteiger partial charge on any atom is -0.454 e. The van der Waals surface area contributed by atoms with Crippen LogP contribution in [0.1, 0.15) is 0 Å². The molecule has 0 spiro atoms. The Balaban J connectivity index is 0.952. The zero-order valence-corrected chi connectivity index (χ0v) is 31.2.